The highest BCUT2D eigenvalue weighted by Crippen LogP contribution is 2.32. The van der Waals surface area contributed by atoms with Crippen LogP contribution in [0.2, 0.25) is 0 Å². The number of benzene rings is 2. The van der Waals surface area contributed by atoms with Gasteiger partial charge in [-0.05, 0) is 71.0 Å². The summed E-state index contributed by atoms with van der Waals surface area (Å²) in [7, 11) is 0. The van der Waals surface area contributed by atoms with Crippen LogP contribution in [0.3, 0.4) is 0 Å². The van der Waals surface area contributed by atoms with Crippen LogP contribution in [0.25, 0.3) is 0 Å². The molecule has 0 saturated heterocycles. The van der Waals surface area contributed by atoms with Gasteiger partial charge in [-0.3, -0.25) is 9.78 Å². The Morgan fingerprint density at radius 2 is 1.76 bits per heavy atom. The van der Waals surface area contributed by atoms with E-state index in [9.17, 15) is 4.79 Å². The number of ether oxygens (including phenoxy) is 3. The average Bonchev–Trinajstić information content (AvgIpc) is 2.75. The van der Waals surface area contributed by atoms with Gasteiger partial charge in [0.15, 0.2) is 11.5 Å². The molecule has 1 aromatic heterocycles. The molecule has 1 atom stereocenters. The van der Waals surface area contributed by atoms with Gasteiger partial charge >= 0.3 is 0 Å². The molecule has 0 spiro atoms. The lowest BCUT2D eigenvalue weighted by Gasteiger charge is -2.16. The average molecular weight is 449 g/mol. The molecule has 2 aromatic carbocycles. The first-order valence-corrected chi connectivity index (χ1v) is 11.3. The molecule has 0 bridgehead atoms. The zero-order chi connectivity index (χ0) is 23.8. The molecule has 1 amide bonds. The van der Waals surface area contributed by atoms with Gasteiger partial charge in [-0.1, -0.05) is 18.2 Å². The van der Waals surface area contributed by atoms with E-state index in [-0.39, 0.29) is 18.1 Å². The molecule has 1 unspecified atom stereocenters. The second kappa shape index (κ2) is 11.5. The first kappa shape index (κ1) is 24.3. The molecule has 6 nitrogen and oxygen atoms in total. The fourth-order valence-electron chi connectivity index (χ4n) is 3.55. The molecule has 0 aliphatic heterocycles. The van der Waals surface area contributed by atoms with Crippen LogP contribution in [0.4, 0.5) is 5.69 Å². The van der Waals surface area contributed by atoms with E-state index >= 15 is 0 Å². The lowest BCUT2D eigenvalue weighted by Crippen LogP contribution is -2.18. The van der Waals surface area contributed by atoms with Gasteiger partial charge in [0, 0.05) is 23.9 Å². The summed E-state index contributed by atoms with van der Waals surface area (Å²) in [6.45, 7) is 10.4. The highest BCUT2D eigenvalue weighted by atomic mass is 16.5. The minimum atomic E-state index is -0.218. The van der Waals surface area contributed by atoms with Crippen LogP contribution >= 0.6 is 0 Å². The third kappa shape index (κ3) is 7.05. The number of para-hydroxylation sites is 2. The molecule has 0 aliphatic rings. The SMILES string of the molecule is CCOc1ccccc1Oc1cccc(NC(=O)c2ccc(CC(C)OC(C)C)nc2C)c1. The van der Waals surface area contributed by atoms with Crippen molar-refractivity contribution in [2.75, 3.05) is 11.9 Å². The fourth-order valence-corrected chi connectivity index (χ4v) is 3.55. The number of anilines is 1. The summed E-state index contributed by atoms with van der Waals surface area (Å²) >= 11 is 0. The predicted molar refractivity (Wildman–Crippen MR) is 130 cm³/mol. The Hall–Kier alpha value is -3.38. The maximum absolute atomic E-state index is 12.9. The number of pyridine rings is 1. The monoisotopic (exact) mass is 448 g/mol. The zero-order valence-electron chi connectivity index (χ0n) is 19.9. The molecule has 3 rings (SSSR count). The van der Waals surface area contributed by atoms with Gasteiger partial charge in [-0.25, -0.2) is 0 Å². The number of hydrogen-bond acceptors (Lipinski definition) is 5. The van der Waals surface area contributed by atoms with Crippen molar-refractivity contribution in [2.24, 2.45) is 0 Å². The van der Waals surface area contributed by atoms with Crippen LogP contribution < -0.4 is 14.8 Å². The van der Waals surface area contributed by atoms with Gasteiger partial charge in [0.1, 0.15) is 5.75 Å². The van der Waals surface area contributed by atoms with E-state index in [0.29, 0.717) is 47.2 Å². The molecular weight excluding hydrogens is 416 g/mol. The van der Waals surface area contributed by atoms with Gasteiger partial charge < -0.3 is 19.5 Å². The quantitative estimate of drug-likeness (QED) is 0.400. The van der Waals surface area contributed by atoms with Crippen molar-refractivity contribution in [2.45, 2.75) is 53.2 Å². The molecule has 1 heterocycles. The minimum absolute atomic E-state index is 0.0622. The summed E-state index contributed by atoms with van der Waals surface area (Å²) in [5.41, 5.74) is 2.75. The molecule has 33 heavy (non-hydrogen) atoms. The van der Waals surface area contributed by atoms with Crippen molar-refractivity contribution in [3.05, 3.63) is 77.6 Å². The van der Waals surface area contributed by atoms with E-state index in [1.807, 2.05) is 89.2 Å². The van der Waals surface area contributed by atoms with E-state index in [1.54, 1.807) is 6.07 Å². The Kier molecular flexibility index (Phi) is 8.44. The van der Waals surface area contributed by atoms with Crippen LogP contribution in [0.15, 0.2) is 60.7 Å². The van der Waals surface area contributed by atoms with Gasteiger partial charge in [0.2, 0.25) is 0 Å². The Morgan fingerprint density at radius 1 is 1.00 bits per heavy atom. The Bertz CT molecular complexity index is 1080. The first-order valence-electron chi connectivity index (χ1n) is 11.3. The maximum Gasteiger partial charge on any atom is 0.257 e. The molecule has 0 aliphatic carbocycles. The topological polar surface area (TPSA) is 69.7 Å². The largest absolute Gasteiger partial charge is 0.490 e. The Balaban J connectivity index is 1.68. The summed E-state index contributed by atoms with van der Waals surface area (Å²) in [5, 5.41) is 2.94. The lowest BCUT2D eigenvalue weighted by atomic mass is 10.1. The Morgan fingerprint density at radius 3 is 2.45 bits per heavy atom. The molecule has 0 saturated carbocycles. The molecule has 3 aromatic rings. The summed E-state index contributed by atoms with van der Waals surface area (Å²) in [6.07, 6.45) is 0.925. The first-order chi connectivity index (χ1) is 15.9. The van der Waals surface area contributed by atoms with E-state index in [0.717, 1.165) is 5.69 Å². The number of nitrogens with one attached hydrogen (secondary N) is 1. The highest BCUT2D eigenvalue weighted by Gasteiger charge is 2.14. The van der Waals surface area contributed by atoms with Crippen molar-refractivity contribution < 1.29 is 19.0 Å². The van der Waals surface area contributed by atoms with Crippen molar-refractivity contribution in [1.29, 1.82) is 0 Å². The van der Waals surface area contributed by atoms with Crippen molar-refractivity contribution in [3.8, 4) is 17.2 Å². The van der Waals surface area contributed by atoms with E-state index in [2.05, 4.69) is 10.3 Å². The normalized spacial score (nSPS) is 11.8. The molecule has 174 valence electrons. The van der Waals surface area contributed by atoms with Gasteiger partial charge in [-0.15, -0.1) is 0 Å². The van der Waals surface area contributed by atoms with E-state index in [1.165, 1.54) is 0 Å². The number of hydrogen-bond donors (Lipinski definition) is 1. The zero-order valence-corrected chi connectivity index (χ0v) is 19.9. The molecule has 0 fully saturated rings. The van der Waals surface area contributed by atoms with Crippen LogP contribution in [-0.2, 0) is 11.2 Å². The number of carbonyl (C=O) groups excluding carboxylic acids is 1. The summed E-state index contributed by atoms with van der Waals surface area (Å²) in [4.78, 5) is 17.5. The molecule has 6 heteroatoms. The maximum atomic E-state index is 12.9. The number of nitrogens with zero attached hydrogens (tertiary/aromatic N) is 1. The number of aromatic nitrogens is 1. The number of rotatable bonds is 10. The van der Waals surface area contributed by atoms with Gasteiger partial charge in [0.25, 0.3) is 5.91 Å². The third-order valence-electron chi connectivity index (χ3n) is 4.86. The fraction of sp³-hybridized carbons (Fsp3) is 0.333. The lowest BCUT2D eigenvalue weighted by molar-refractivity contribution is 0.0190. The van der Waals surface area contributed by atoms with Crippen LogP contribution in [0, 0.1) is 6.92 Å². The number of carbonyl (C=O) groups is 1. The third-order valence-corrected chi connectivity index (χ3v) is 4.86. The minimum Gasteiger partial charge on any atom is -0.490 e. The van der Waals surface area contributed by atoms with Crippen LogP contribution in [-0.4, -0.2) is 29.7 Å². The summed E-state index contributed by atoms with van der Waals surface area (Å²) in [6, 6.07) is 18.5. The summed E-state index contributed by atoms with van der Waals surface area (Å²) in [5.74, 6) is 1.67. The van der Waals surface area contributed by atoms with E-state index in [4.69, 9.17) is 14.2 Å². The predicted octanol–water partition coefficient (Wildman–Crippen LogP) is 6.19. The molecular formula is C27H32N2O4. The van der Waals surface area contributed by atoms with Crippen molar-refractivity contribution in [3.63, 3.8) is 0 Å². The van der Waals surface area contributed by atoms with Crippen LogP contribution in [0.5, 0.6) is 17.2 Å². The van der Waals surface area contributed by atoms with Gasteiger partial charge in [0.05, 0.1) is 30.1 Å². The second-order valence-corrected chi connectivity index (χ2v) is 8.10. The van der Waals surface area contributed by atoms with Crippen molar-refractivity contribution in [1.82, 2.24) is 4.98 Å². The molecule has 1 N–H and O–H groups in total. The van der Waals surface area contributed by atoms with E-state index < -0.39 is 0 Å². The smallest absolute Gasteiger partial charge is 0.257 e. The van der Waals surface area contributed by atoms with Crippen LogP contribution in [0.1, 0.15) is 49.4 Å². The molecule has 0 radical (unpaired) electrons. The van der Waals surface area contributed by atoms with Gasteiger partial charge in [-0.2, -0.15) is 0 Å². The number of aryl methyl sites for hydroxylation is 1. The summed E-state index contributed by atoms with van der Waals surface area (Å²) < 4.78 is 17.4. The number of amides is 1. The highest BCUT2D eigenvalue weighted by molar-refractivity contribution is 6.05. The standard InChI is InChI=1S/C27H32N2O4/c1-6-31-25-12-7-8-13-26(25)33-23-11-9-10-21(17-23)29-27(30)24-15-14-22(28-20(24)5)16-19(4)32-18(2)3/h7-15,17-19H,6,16H2,1-5H3,(H,29,30). The Labute approximate surface area is 195 Å². The second-order valence-electron chi connectivity index (χ2n) is 8.10. The van der Waals surface area contributed by atoms with Crippen molar-refractivity contribution >= 4 is 11.6 Å².